The van der Waals surface area contributed by atoms with E-state index in [-0.39, 0.29) is 5.56 Å². The highest BCUT2D eigenvalue weighted by Gasteiger charge is 2.06. The Labute approximate surface area is 107 Å². The summed E-state index contributed by atoms with van der Waals surface area (Å²) in [4.78, 5) is 21.3. The van der Waals surface area contributed by atoms with Crippen molar-refractivity contribution in [2.75, 3.05) is 0 Å². The third kappa shape index (κ3) is 3.00. The number of aromatic nitrogens is 3. The summed E-state index contributed by atoms with van der Waals surface area (Å²) >= 11 is 0. The van der Waals surface area contributed by atoms with Gasteiger partial charge in [-0.2, -0.15) is 0 Å². The first kappa shape index (κ1) is 12.9. The van der Waals surface area contributed by atoms with Crippen LogP contribution in [0.2, 0.25) is 0 Å². The van der Waals surface area contributed by atoms with E-state index in [9.17, 15) is 4.79 Å². The molecule has 0 bridgehead atoms. The zero-order chi connectivity index (χ0) is 12.8. The molecule has 0 aliphatic heterocycles. The highest BCUT2D eigenvalue weighted by molar-refractivity contribution is 5.77. The van der Waals surface area contributed by atoms with Crippen molar-refractivity contribution in [1.82, 2.24) is 15.0 Å². The van der Waals surface area contributed by atoms with Gasteiger partial charge in [0.1, 0.15) is 5.52 Å². The second-order valence-electron chi connectivity index (χ2n) is 4.79. The van der Waals surface area contributed by atoms with Crippen molar-refractivity contribution in [3.63, 3.8) is 0 Å². The number of rotatable bonds is 7. The minimum absolute atomic E-state index is 0.0887. The van der Waals surface area contributed by atoms with Crippen molar-refractivity contribution in [3.8, 4) is 0 Å². The number of nitrogens with zero attached hydrogens (tertiary/aromatic N) is 1. The van der Waals surface area contributed by atoms with Gasteiger partial charge < -0.3 is 9.97 Å². The Morgan fingerprint density at radius 2 is 1.89 bits per heavy atom. The number of aryl methyl sites for hydroxylation is 1. The first-order valence-corrected chi connectivity index (χ1v) is 6.86. The predicted molar refractivity (Wildman–Crippen MR) is 73.8 cm³/mol. The third-order valence-corrected chi connectivity index (χ3v) is 3.35. The standard InChI is InChI=1S/C14H21N3O/c1-2-3-4-5-6-7-8-11-9-15-13-12(11)16-10-17-14(13)18/h9-10,15H,2-8H2,1H3,(H,16,17,18). The van der Waals surface area contributed by atoms with Crippen molar-refractivity contribution in [2.24, 2.45) is 0 Å². The normalized spacial score (nSPS) is 11.2. The molecule has 98 valence electrons. The van der Waals surface area contributed by atoms with E-state index in [0.29, 0.717) is 5.52 Å². The van der Waals surface area contributed by atoms with Crippen molar-refractivity contribution < 1.29 is 0 Å². The molecule has 2 aromatic rings. The maximum atomic E-state index is 11.5. The fraction of sp³-hybridized carbons (Fsp3) is 0.571. The Morgan fingerprint density at radius 1 is 1.11 bits per heavy atom. The van der Waals surface area contributed by atoms with Crippen LogP contribution in [0.4, 0.5) is 0 Å². The fourth-order valence-corrected chi connectivity index (χ4v) is 2.29. The number of nitrogens with one attached hydrogen (secondary N) is 2. The fourth-order valence-electron chi connectivity index (χ4n) is 2.29. The predicted octanol–water partition coefficient (Wildman–Crippen LogP) is 3.15. The summed E-state index contributed by atoms with van der Waals surface area (Å²) in [6, 6.07) is 0. The zero-order valence-electron chi connectivity index (χ0n) is 11.0. The molecule has 0 fully saturated rings. The Bertz CT molecular complexity index is 541. The number of fused-ring (bicyclic) bond motifs is 1. The van der Waals surface area contributed by atoms with E-state index in [2.05, 4.69) is 21.9 Å². The average Bonchev–Trinajstić information content (AvgIpc) is 2.79. The monoisotopic (exact) mass is 247 g/mol. The van der Waals surface area contributed by atoms with Crippen molar-refractivity contribution >= 4 is 11.0 Å². The number of hydrogen-bond acceptors (Lipinski definition) is 2. The largest absolute Gasteiger partial charge is 0.355 e. The second kappa shape index (κ2) is 6.38. The molecular weight excluding hydrogens is 226 g/mol. The first-order chi connectivity index (χ1) is 8.83. The summed E-state index contributed by atoms with van der Waals surface area (Å²) < 4.78 is 0. The molecule has 0 saturated heterocycles. The van der Waals surface area contributed by atoms with E-state index in [4.69, 9.17) is 0 Å². The number of unbranched alkanes of at least 4 members (excludes halogenated alkanes) is 5. The van der Waals surface area contributed by atoms with Gasteiger partial charge in [0.2, 0.25) is 0 Å². The van der Waals surface area contributed by atoms with Gasteiger partial charge in [0.25, 0.3) is 5.56 Å². The molecule has 0 aromatic carbocycles. The zero-order valence-corrected chi connectivity index (χ0v) is 11.0. The van der Waals surface area contributed by atoms with Crippen LogP contribution in [-0.2, 0) is 6.42 Å². The van der Waals surface area contributed by atoms with Crippen LogP contribution in [0.15, 0.2) is 17.3 Å². The average molecular weight is 247 g/mol. The molecule has 2 N–H and O–H groups in total. The third-order valence-electron chi connectivity index (χ3n) is 3.35. The van der Waals surface area contributed by atoms with Crippen LogP contribution in [0.1, 0.15) is 51.0 Å². The topological polar surface area (TPSA) is 61.5 Å². The van der Waals surface area contributed by atoms with E-state index < -0.39 is 0 Å². The molecule has 4 nitrogen and oxygen atoms in total. The van der Waals surface area contributed by atoms with E-state index in [1.54, 1.807) is 0 Å². The Kier molecular flexibility index (Phi) is 4.56. The van der Waals surface area contributed by atoms with E-state index in [1.165, 1.54) is 44.9 Å². The molecule has 0 atom stereocenters. The smallest absolute Gasteiger partial charge is 0.275 e. The molecule has 0 aliphatic carbocycles. The summed E-state index contributed by atoms with van der Waals surface area (Å²) in [5, 5.41) is 0. The van der Waals surface area contributed by atoms with E-state index >= 15 is 0 Å². The maximum absolute atomic E-state index is 11.5. The highest BCUT2D eigenvalue weighted by Crippen LogP contribution is 2.15. The number of hydrogen-bond donors (Lipinski definition) is 2. The van der Waals surface area contributed by atoms with Crippen LogP contribution in [0, 0.1) is 0 Å². The molecule has 2 rings (SSSR count). The summed E-state index contributed by atoms with van der Waals surface area (Å²) in [6.45, 7) is 2.23. The SMILES string of the molecule is CCCCCCCCc1c[nH]c2c(=O)[nH]cnc12. The second-order valence-corrected chi connectivity index (χ2v) is 4.79. The van der Waals surface area contributed by atoms with Crippen molar-refractivity contribution in [2.45, 2.75) is 51.9 Å². The van der Waals surface area contributed by atoms with Crippen LogP contribution >= 0.6 is 0 Å². The molecule has 0 unspecified atom stereocenters. The van der Waals surface area contributed by atoms with Gasteiger partial charge in [-0.1, -0.05) is 39.0 Å². The lowest BCUT2D eigenvalue weighted by Crippen LogP contribution is -2.05. The highest BCUT2D eigenvalue weighted by atomic mass is 16.1. The van der Waals surface area contributed by atoms with Crippen molar-refractivity contribution in [3.05, 3.63) is 28.4 Å². The molecule has 2 aromatic heterocycles. The molecule has 0 spiro atoms. The van der Waals surface area contributed by atoms with E-state index in [1.807, 2.05) is 6.20 Å². The molecule has 4 heteroatoms. The quantitative estimate of drug-likeness (QED) is 0.738. The van der Waals surface area contributed by atoms with Crippen LogP contribution in [-0.4, -0.2) is 15.0 Å². The van der Waals surface area contributed by atoms with Crippen LogP contribution < -0.4 is 5.56 Å². The van der Waals surface area contributed by atoms with Gasteiger partial charge in [-0.25, -0.2) is 4.98 Å². The maximum Gasteiger partial charge on any atom is 0.275 e. The molecular formula is C14H21N3O. The summed E-state index contributed by atoms with van der Waals surface area (Å²) in [6.07, 6.45) is 12.1. The van der Waals surface area contributed by atoms with Gasteiger partial charge in [-0.05, 0) is 18.4 Å². The van der Waals surface area contributed by atoms with Gasteiger partial charge >= 0.3 is 0 Å². The van der Waals surface area contributed by atoms with E-state index in [0.717, 1.165) is 17.5 Å². The lowest BCUT2D eigenvalue weighted by Gasteiger charge is -2.00. The Balaban J connectivity index is 1.88. The molecule has 0 radical (unpaired) electrons. The Morgan fingerprint density at radius 3 is 2.72 bits per heavy atom. The van der Waals surface area contributed by atoms with Gasteiger partial charge in [-0.3, -0.25) is 4.79 Å². The Hall–Kier alpha value is -1.58. The molecule has 0 amide bonds. The lowest BCUT2D eigenvalue weighted by molar-refractivity contribution is 0.608. The van der Waals surface area contributed by atoms with Gasteiger partial charge in [0, 0.05) is 6.20 Å². The minimum Gasteiger partial charge on any atom is -0.355 e. The molecule has 0 saturated carbocycles. The number of aromatic amines is 2. The molecule has 0 aliphatic rings. The first-order valence-electron chi connectivity index (χ1n) is 6.86. The molecule has 2 heterocycles. The van der Waals surface area contributed by atoms with Gasteiger partial charge in [0.15, 0.2) is 0 Å². The lowest BCUT2D eigenvalue weighted by atomic mass is 10.1. The van der Waals surface area contributed by atoms with Crippen LogP contribution in [0.25, 0.3) is 11.0 Å². The van der Waals surface area contributed by atoms with Gasteiger partial charge in [-0.15, -0.1) is 0 Å². The summed E-state index contributed by atoms with van der Waals surface area (Å²) in [5.41, 5.74) is 2.49. The summed E-state index contributed by atoms with van der Waals surface area (Å²) in [5.74, 6) is 0. The van der Waals surface area contributed by atoms with Crippen LogP contribution in [0.3, 0.4) is 0 Å². The summed E-state index contributed by atoms with van der Waals surface area (Å²) in [7, 11) is 0. The van der Waals surface area contributed by atoms with Crippen LogP contribution in [0.5, 0.6) is 0 Å². The van der Waals surface area contributed by atoms with Crippen molar-refractivity contribution in [1.29, 1.82) is 0 Å². The minimum atomic E-state index is -0.0887. The van der Waals surface area contributed by atoms with Gasteiger partial charge in [0.05, 0.1) is 11.8 Å². The molecule has 18 heavy (non-hydrogen) atoms. The number of H-pyrrole nitrogens is 2.